The highest BCUT2D eigenvalue weighted by atomic mass is 16.5. The van der Waals surface area contributed by atoms with Crippen molar-refractivity contribution in [1.29, 1.82) is 0 Å². The smallest absolute Gasteiger partial charge is 0.224 e. The van der Waals surface area contributed by atoms with Crippen molar-refractivity contribution in [1.82, 2.24) is 10.2 Å². The lowest BCUT2D eigenvalue weighted by atomic mass is 10.1. The Bertz CT molecular complexity index is 531. The number of ether oxygens (including phenoxy) is 1. The van der Waals surface area contributed by atoms with Crippen LogP contribution in [0.4, 0.5) is 0 Å². The van der Waals surface area contributed by atoms with Gasteiger partial charge >= 0.3 is 0 Å². The van der Waals surface area contributed by atoms with Crippen LogP contribution in [0.1, 0.15) is 37.7 Å². The van der Waals surface area contributed by atoms with E-state index < -0.39 is 0 Å². The Morgan fingerprint density at radius 2 is 2.17 bits per heavy atom. The molecule has 1 fully saturated rings. The van der Waals surface area contributed by atoms with E-state index >= 15 is 0 Å². The van der Waals surface area contributed by atoms with E-state index in [1.807, 2.05) is 29.2 Å². The minimum atomic E-state index is 0.000413. The fraction of sp³-hybridized carbons (Fsp3) is 0.556. The van der Waals surface area contributed by atoms with Gasteiger partial charge in [-0.25, -0.2) is 0 Å². The molecule has 0 spiro atoms. The zero-order valence-electron chi connectivity index (χ0n) is 13.8. The van der Waals surface area contributed by atoms with Gasteiger partial charge in [-0.1, -0.05) is 18.6 Å². The summed E-state index contributed by atoms with van der Waals surface area (Å²) in [4.78, 5) is 25.8. The van der Waals surface area contributed by atoms with Gasteiger partial charge in [0, 0.05) is 26.1 Å². The van der Waals surface area contributed by atoms with Crippen molar-refractivity contribution >= 4 is 11.8 Å². The summed E-state index contributed by atoms with van der Waals surface area (Å²) in [5.41, 5.74) is 0.935. The van der Waals surface area contributed by atoms with E-state index in [1.165, 1.54) is 0 Å². The molecule has 1 aliphatic heterocycles. The van der Waals surface area contributed by atoms with Gasteiger partial charge in [-0.2, -0.15) is 0 Å². The second kappa shape index (κ2) is 9.18. The number of nitrogens with zero attached hydrogens (tertiary/aromatic N) is 1. The van der Waals surface area contributed by atoms with Crippen LogP contribution in [0.15, 0.2) is 24.3 Å². The van der Waals surface area contributed by atoms with E-state index in [9.17, 15) is 9.59 Å². The monoisotopic (exact) mass is 318 g/mol. The van der Waals surface area contributed by atoms with Crippen molar-refractivity contribution in [2.24, 2.45) is 0 Å². The molecule has 0 unspecified atom stereocenters. The van der Waals surface area contributed by atoms with Crippen LogP contribution in [0.3, 0.4) is 0 Å². The van der Waals surface area contributed by atoms with Crippen molar-refractivity contribution < 1.29 is 14.3 Å². The number of carbonyl (C=O) groups excluding carboxylic acids is 2. The van der Waals surface area contributed by atoms with Crippen molar-refractivity contribution in [3.8, 4) is 5.75 Å². The Hall–Kier alpha value is -2.04. The summed E-state index contributed by atoms with van der Waals surface area (Å²) in [6, 6.07) is 7.53. The number of methoxy groups -OCH3 is 1. The molecule has 0 atom stereocenters. The molecule has 1 N–H and O–H groups in total. The van der Waals surface area contributed by atoms with Gasteiger partial charge in [-0.3, -0.25) is 9.59 Å². The van der Waals surface area contributed by atoms with Crippen LogP contribution in [0.5, 0.6) is 5.75 Å². The summed E-state index contributed by atoms with van der Waals surface area (Å²) in [5.74, 6) is 1.01. The van der Waals surface area contributed by atoms with Gasteiger partial charge in [0.1, 0.15) is 5.75 Å². The molecule has 5 heteroatoms. The Kier molecular flexibility index (Phi) is 6.91. The van der Waals surface area contributed by atoms with Gasteiger partial charge in [0.15, 0.2) is 0 Å². The Balaban J connectivity index is 1.67. The van der Waals surface area contributed by atoms with Crippen molar-refractivity contribution in [3.63, 3.8) is 0 Å². The number of hydrogen-bond donors (Lipinski definition) is 1. The van der Waals surface area contributed by atoms with Crippen molar-refractivity contribution in [2.45, 2.75) is 38.5 Å². The molecule has 1 heterocycles. The van der Waals surface area contributed by atoms with Crippen LogP contribution in [-0.2, 0) is 16.0 Å². The van der Waals surface area contributed by atoms with Crippen LogP contribution in [0.25, 0.3) is 0 Å². The van der Waals surface area contributed by atoms with E-state index in [0.717, 1.165) is 50.1 Å². The number of benzene rings is 1. The lowest BCUT2D eigenvalue weighted by Gasteiger charge is -2.20. The molecule has 5 nitrogen and oxygen atoms in total. The molecule has 2 amide bonds. The molecular formula is C18H26N2O3. The van der Waals surface area contributed by atoms with E-state index in [2.05, 4.69) is 5.32 Å². The lowest BCUT2D eigenvalue weighted by molar-refractivity contribution is -0.130. The Labute approximate surface area is 138 Å². The molecule has 1 aromatic rings. The SMILES string of the molecule is COc1cccc(CC(=O)NCCCN2CCCCCC2=O)c1. The highest BCUT2D eigenvalue weighted by molar-refractivity contribution is 5.78. The fourth-order valence-corrected chi connectivity index (χ4v) is 2.80. The first-order valence-corrected chi connectivity index (χ1v) is 8.36. The summed E-state index contributed by atoms with van der Waals surface area (Å²) in [7, 11) is 1.61. The fourth-order valence-electron chi connectivity index (χ4n) is 2.80. The average Bonchev–Trinajstić information content (AvgIpc) is 2.76. The van der Waals surface area contributed by atoms with E-state index in [4.69, 9.17) is 4.74 Å². The zero-order chi connectivity index (χ0) is 16.5. The molecule has 1 saturated heterocycles. The van der Waals surface area contributed by atoms with Crippen LogP contribution in [0, 0.1) is 0 Å². The third-order valence-electron chi connectivity index (χ3n) is 4.10. The number of carbonyl (C=O) groups is 2. The predicted octanol–water partition coefficient (Wildman–Crippen LogP) is 2.15. The first kappa shape index (κ1) is 17.3. The standard InChI is InChI=1S/C18H26N2O3/c1-23-16-8-5-7-15(13-16)14-17(21)19-10-6-12-20-11-4-2-3-9-18(20)22/h5,7-8,13H,2-4,6,9-12,14H2,1H3,(H,19,21). The van der Waals surface area contributed by atoms with Crippen molar-refractivity contribution in [3.05, 3.63) is 29.8 Å². The maximum atomic E-state index is 12.0. The number of rotatable bonds is 7. The summed E-state index contributed by atoms with van der Waals surface area (Å²) < 4.78 is 5.15. The van der Waals surface area contributed by atoms with Gasteiger partial charge in [-0.05, 0) is 37.0 Å². The van der Waals surface area contributed by atoms with Gasteiger partial charge in [0.25, 0.3) is 0 Å². The van der Waals surface area contributed by atoms with Crippen LogP contribution in [0.2, 0.25) is 0 Å². The molecule has 126 valence electrons. The molecular weight excluding hydrogens is 292 g/mol. The molecule has 0 bridgehead atoms. The van der Waals surface area contributed by atoms with Crippen LogP contribution in [-0.4, -0.2) is 43.5 Å². The summed E-state index contributed by atoms with van der Waals surface area (Å²) in [6.07, 6.45) is 5.05. The minimum Gasteiger partial charge on any atom is -0.497 e. The first-order chi connectivity index (χ1) is 11.2. The van der Waals surface area contributed by atoms with Crippen LogP contribution >= 0.6 is 0 Å². The molecule has 0 aromatic heterocycles. The number of amides is 2. The summed E-state index contributed by atoms with van der Waals surface area (Å²) in [5, 5.41) is 2.92. The molecule has 1 aromatic carbocycles. The number of hydrogen-bond acceptors (Lipinski definition) is 3. The molecule has 1 aliphatic rings. The lowest BCUT2D eigenvalue weighted by Crippen LogP contribution is -2.34. The minimum absolute atomic E-state index is 0.000413. The largest absolute Gasteiger partial charge is 0.497 e. The normalized spacial score (nSPS) is 15.2. The second-order valence-electron chi connectivity index (χ2n) is 5.92. The van der Waals surface area contributed by atoms with E-state index in [-0.39, 0.29) is 11.8 Å². The maximum absolute atomic E-state index is 12.0. The quantitative estimate of drug-likeness (QED) is 0.784. The average molecular weight is 318 g/mol. The summed E-state index contributed by atoms with van der Waals surface area (Å²) >= 11 is 0. The highest BCUT2D eigenvalue weighted by Gasteiger charge is 2.15. The van der Waals surface area contributed by atoms with Crippen LogP contribution < -0.4 is 10.1 Å². The Morgan fingerprint density at radius 3 is 3.00 bits per heavy atom. The third-order valence-corrected chi connectivity index (χ3v) is 4.10. The molecule has 0 radical (unpaired) electrons. The molecule has 0 saturated carbocycles. The number of likely N-dealkylation sites (tertiary alicyclic amines) is 1. The zero-order valence-corrected chi connectivity index (χ0v) is 13.8. The van der Waals surface area contributed by atoms with Crippen molar-refractivity contribution in [2.75, 3.05) is 26.7 Å². The number of nitrogens with one attached hydrogen (secondary N) is 1. The molecule has 2 rings (SSSR count). The molecule has 23 heavy (non-hydrogen) atoms. The maximum Gasteiger partial charge on any atom is 0.224 e. The van der Waals surface area contributed by atoms with Gasteiger partial charge in [0.05, 0.1) is 13.5 Å². The Morgan fingerprint density at radius 1 is 1.30 bits per heavy atom. The highest BCUT2D eigenvalue weighted by Crippen LogP contribution is 2.13. The van der Waals surface area contributed by atoms with E-state index in [0.29, 0.717) is 19.4 Å². The van der Waals surface area contributed by atoms with Gasteiger partial charge in [0.2, 0.25) is 11.8 Å². The predicted molar refractivity (Wildman–Crippen MR) is 89.4 cm³/mol. The topological polar surface area (TPSA) is 58.6 Å². The second-order valence-corrected chi connectivity index (χ2v) is 5.92. The van der Waals surface area contributed by atoms with Gasteiger partial charge in [-0.15, -0.1) is 0 Å². The first-order valence-electron chi connectivity index (χ1n) is 8.36. The van der Waals surface area contributed by atoms with E-state index in [1.54, 1.807) is 7.11 Å². The van der Waals surface area contributed by atoms with Gasteiger partial charge < -0.3 is 15.0 Å². The third kappa shape index (κ3) is 5.93. The summed E-state index contributed by atoms with van der Waals surface area (Å²) in [6.45, 7) is 2.20. The molecule has 0 aliphatic carbocycles.